The van der Waals surface area contributed by atoms with E-state index < -0.39 is 0 Å². The molecule has 0 atom stereocenters. The molecule has 0 aromatic carbocycles. The van der Waals surface area contributed by atoms with Gasteiger partial charge in [0.05, 0.1) is 6.04 Å². The van der Waals surface area contributed by atoms with Crippen LogP contribution < -0.4 is 5.32 Å². The molecule has 1 N–H and O–H groups in total. The zero-order valence-electron chi connectivity index (χ0n) is 3.27. The second-order valence-corrected chi connectivity index (χ2v) is 1.20. The largest absolute Gasteiger partial charge is 0.351 e. The van der Waals surface area contributed by atoms with Gasteiger partial charge >= 0.3 is 0 Å². The van der Waals surface area contributed by atoms with Crippen LogP contribution in [0, 0.1) is 12.5 Å². The second-order valence-electron chi connectivity index (χ2n) is 1.20. The van der Waals surface area contributed by atoms with Crippen molar-refractivity contribution in [3.63, 3.8) is 0 Å². The lowest BCUT2D eigenvalue weighted by molar-refractivity contribution is -0.109. The normalized spacial score (nSPS) is 20.0. The minimum atomic E-state index is 0.693. The van der Waals surface area contributed by atoms with Crippen molar-refractivity contribution in [2.24, 2.45) is 0 Å². The number of hydrogen-bond acceptors (Lipinski definition) is 1. The van der Waals surface area contributed by atoms with Crippen molar-refractivity contribution < 1.29 is 4.79 Å². The Labute approximate surface area is 36.5 Å². The van der Waals surface area contributed by atoms with Gasteiger partial charge in [-0.05, 0) is 12.8 Å². The molecule has 0 aliphatic heterocycles. The van der Waals surface area contributed by atoms with Crippen LogP contribution in [0.25, 0.3) is 0 Å². The average Bonchev–Trinajstić information content (AvgIpc) is 2.21. The first kappa shape index (κ1) is 3.65. The zero-order valence-corrected chi connectivity index (χ0v) is 3.27. The van der Waals surface area contributed by atoms with E-state index in [-0.39, 0.29) is 0 Å². The molecule has 1 aliphatic rings. The molecule has 1 aliphatic carbocycles. The lowest BCUT2D eigenvalue weighted by Crippen LogP contribution is -2.04. The third-order valence-electron chi connectivity index (χ3n) is 0.653. The summed E-state index contributed by atoms with van der Waals surface area (Å²) >= 11 is 0. The van der Waals surface area contributed by atoms with E-state index >= 15 is 0 Å². The van der Waals surface area contributed by atoms with E-state index in [1.54, 1.807) is 0 Å². The molecule has 0 bridgehead atoms. The molecule has 0 saturated heterocycles. The Hall–Kier alpha value is -0.530. The zero-order chi connectivity index (χ0) is 4.41. The maximum absolute atomic E-state index is 9.50. The van der Waals surface area contributed by atoms with Gasteiger partial charge in [0.2, 0.25) is 6.41 Å². The van der Waals surface area contributed by atoms with Crippen LogP contribution in [0.4, 0.5) is 0 Å². The molecule has 6 heavy (non-hydrogen) atoms. The van der Waals surface area contributed by atoms with Crippen molar-refractivity contribution in [2.75, 3.05) is 0 Å². The summed E-state index contributed by atoms with van der Waals surface area (Å²) in [6.45, 7) is 0. The molecule has 1 rings (SSSR count). The van der Waals surface area contributed by atoms with E-state index in [9.17, 15) is 4.79 Å². The van der Waals surface area contributed by atoms with Gasteiger partial charge in [-0.1, -0.05) is 0 Å². The van der Waals surface area contributed by atoms with E-state index in [1.807, 2.05) is 6.42 Å². The topological polar surface area (TPSA) is 29.1 Å². The van der Waals surface area contributed by atoms with E-state index in [1.165, 1.54) is 0 Å². The molecule has 1 saturated carbocycles. The van der Waals surface area contributed by atoms with E-state index in [0.717, 1.165) is 12.5 Å². The van der Waals surface area contributed by atoms with Gasteiger partial charge in [0, 0.05) is 0 Å². The third-order valence-corrected chi connectivity index (χ3v) is 0.653. The summed E-state index contributed by atoms with van der Waals surface area (Å²) < 4.78 is 0. The first-order valence-corrected chi connectivity index (χ1v) is 1.82. The predicted molar refractivity (Wildman–Crippen MR) is 21.4 cm³/mol. The molecule has 0 aromatic rings. The molecule has 2 radical (unpaired) electrons. The van der Waals surface area contributed by atoms with E-state index in [4.69, 9.17) is 0 Å². The molecule has 32 valence electrons. The Kier molecular flexibility index (Phi) is 0.783. The monoisotopic (exact) mass is 83.0 g/mol. The minimum absolute atomic E-state index is 0.693. The second kappa shape index (κ2) is 1.29. The lowest BCUT2D eigenvalue weighted by atomic mass is 10.7. The van der Waals surface area contributed by atoms with Gasteiger partial charge in [-0.25, -0.2) is 0 Å². The Morgan fingerprint density at radius 1 is 2.00 bits per heavy atom. The molecule has 1 fully saturated rings. The fourth-order valence-electron chi connectivity index (χ4n) is 0.245. The smallest absolute Gasteiger partial charge is 0.207 e. The van der Waals surface area contributed by atoms with Crippen LogP contribution in [0.1, 0.15) is 6.42 Å². The molecular formula is C4H5NO. The number of carbonyl (C=O) groups is 1. The highest BCUT2D eigenvalue weighted by molar-refractivity contribution is 5.52. The SMILES string of the molecule is O=CN[C]1[CH]C1. The fourth-order valence-corrected chi connectivity index (χ4v) is 0.245. The van der Waals surface area contributed by atoms with Crippen LogP contribution in [0.15, 0.2) is 0 Å². The van der Waals surface area contributed by atoms with Gasteiger partial charge in [-0.3, -0.25) is 4.79 Å². The highest BCUT2D eigenvalue weighted by Gasteiger charge is 2.21. The van der Waals surface area contributed by atoms with Crippen molar-refractivity contribution in [3.05, 3.63) is 12.5 Å². The number of rotatable bonds is 2. The summed E-state index contributed by atoms with van der Waals surface area (Å²) in [4.78, 5) is 9.50. The van der Waals surface area contributed by atoms with Gasteiger partial charge in [0.1, 0.15) is 0 Å². The predicted octanol–water partition coefficient (Wildman–Crippen LogP) is -0.128. The molecule has 1 amide bonds. The fraction of sp³-hybridized carbons (Fsp3) is 0.250. The maximum atomic E-state index is 9.50. The van der Waals surface area contributed by atoms with Gasteiger partial charge in [0.15, 0.2) is 0 Å². The minimum Gasteiger partial charge on any atom is -0.351 e. The summed E-state index contributed by atoms with van der Waals surface area (Å²) in [6, 6.07) is 1.05. The van der Waals surface area contributed by atoms with Crippen LogP contribution in [0.3, 0.4) is 0 Å². The summed E-state index contributed by atoms with van der Waals surface area (Å²) in [7, 11) is 0. The van der Waals surface area contributed by atoms with Gasteiger partial charge in [-0.15, -0.1) is 0 Å². The molecule has 0 aromatic heterocycles. The number of hydrogen-bond donors (Lipinski definition) is 1. The van der Waals surface area contributed by atoms with Crippen LogP contribution in [-0.4, -0.2) is 6.41 Å². The van der Waals surface area contributed by atoms with Crippen LogP contribution >= 0.6 is 0 Å². The quantitative estimate of drug-likeness (QED) is 0.463. The first-order valence-electron chi connectivity index (χ1n) is 1.82. The molecule has 2 heteroatoms. The molecule has 0 spiro atoms. The van der Waals surface area contributed by atoms with Crippen molar-refractivity contribution in [3.8, 4) is 0 Å². The van der Waals surface area contributed by atoms with Crippen molar-refractivity contribution >= 4 is 6.41 Å². The van der Waals surface area contributed by atoms with Crippen molar-refractivity contribution in [1.29, 1.82) is 0 Å². The molecule has 0 heterocycles. The maximum Gasteiger partial charge on any atom is 0.207 e. The van der Waals surface area contributed by atoms with Crippen molar-refractivity contribution in [1.82, 2.24) is 5.32 Å². The Bertz CT molecular complexity index is 58.6. The number of nitrogens with one attached hydrogen (secondary N) is 1. The Morgan fingerprint density at radius 2 is 2.67 bits per heavy atom. The highest BCUT2D eigenvalue weighted by Crippen LogP contribution is 2.25. The Morgan fingerprint density at radius 3 is 2.83 bits per heavy atom. The standard InChI is InChI=1S/C4H5NO/c6-3-5-4-1-2-4/h1,3H,2H2,(H,5,6). The van der Waals surface area contributed by atoms with Crippen LogP contribution in [0.2, 0.25) is 0 Å². The Balaban J connectivity index is 2.00. The van der Waals surface area contributed by atoms with E-state index in [0.29, 0.717) is 6.41 Å². The van der Waals surface area contributed by atoms with Gasteiger partial charge in [0.25, 0.3) is 0 Å². The summed E-state index contributed by atoms with van der Waals surface area (Å²) in [6.07, 6.45) is 3.62. The van der Waals surface area contributed by atoms with Gasteiger partial charge in [-0.2, -0.15) is 0 Å². The van der Waals surface area contributed by atoms with Crippen molar-refractivity contribution in [2.45, 2.75) is 6.42 Å². The first-order chi connectivity index (χ1) is 2.93. The number of amides is 1. The number of carbonyl (C=O) groups excluding carboxylic acids is 1. The van der Waals surface area contributed by atoms with Crippen LogP contribution in [-0.2, 0) is 4.79 Å². The van der Waals surface area contributed by atoms with E-state index in [2.05, 4.69) is 5.32 Å². The highest BCUT2D eigenvalue weighted by atomic mass is 16.1. The lowest BCUT2D eigenvalue weighted by Gasteiger charge is -1.81. The summed E-state index contributed by atoms with van der Waals surface area (Å²) in [5.74, 6) is 0. The third kappa shape index (κ3) is 0.708. The van der Waals surface area contributed by atoms with Gasteiger partial charge < -0.3 is 5.32 Å². The molecule has 0 unspecified atom stereocenters. The molecule has 2 nitrogen and oxygen atoms in total. The van der Waals surface area contributed by atoms with Crippen LogP contribution in [0.5, 0.6) is 0 Å². The summed E-state index contributed by atoms with van der Waals surface area (Å²) in [5, 5.41) is 2.50. The summed E-state index contributed by atoms with van der Waals surface area (Å²) in [5.41, 5.74) is 0. The average molecular weight is 83.1 g/mol. The molecular weight excluding hydrogens is 78.0 g/mol.